The highest BCUT2D eigenvalue weighted by Gasteiger charge is 2.18. The Balaban J connectivity index is 2.93. The lowest BCUT2D eigenvalue weighted by Gasteiger charge is -2.20. The van der Waals surface area contributed by atoms with Crippen LogP contribution >= 0.6 is 27.5 Å². The third-order valence-electron chi connectivity index (χ3n) is 1.85. The molecule has 1 rings (SSSR count). The molecule has 4 nitrogen and oxygen atoms in total. The smallest absolute Gasteiger partial charge is 0.412 e. The number of halogens is 2. The van der Waals surface area contributed by atoms with Crippen LogP contribution in [-0.2, 0) is 4.74 Å². The Morgan fingerprint density at radius 2 is 2.00 bits per heavy atom. The molecule has 100 valence electrons. The van der Waals surface area contributed by atoms with Crippen LogP contribution in [0, 0.1) is 0 Å². The monoisotopic (exact) mass is 335 g/mol. The lowest BCUT2D eigenvalue weighted by molar-refractivity contribution is 0.0635. The Kier molecular flexibility index (Phi) is 4.87. The van der Waals surface area contributed by atoms with E-state index in [-0.39, 0.29) is 0 Å². The van der Waals surface area contributed by atoms with Crippen LogP contribution in [0.3, 0.4) is 0 Å². The highest BCUT2D eigenvalue weighted by atomic mass is 79.9. The first kappa shape index (κ1) is 15.1. The summed E-state index contributed by atoms with van der Waals surface area (Å²) < 4.78 is 11.0. The van der Waals surface area contributed by atoms with Crippen LogP contribution in [0.1, 0.15) is 20.8 Å². The van der Waals surface area contributed by atoms with E-state index < -0.39 is 11.7 Å². The molecule has 0 unspecified atom stereocenters. The lowest BCUT2D eigenvalue weighted by atomic mass is 10.2. The second-order valence-electron chi connectivity index (χ2n) is 4.60. The molecule has 0 saturated carbocycles. The van der Waals surface area contributed by atoms with E-state index >= 15 is 0 Å². The molecule has 0 aliphatic rings. The van der Waals surface area contributed by atoms with E-state index in [4.69, 9.17) is 21.1 Å². The van der Waals surface area contributed by atoms with Crippen molar-refractivity contribution in [1.29, 1.82) is 0 Å². The van der Waals surface area contributed by atoms with E-state index in [0.29, 0.717) is 20.9 Å². The highest BCUT2D eigenvalue weighted by molar-refractivity contribution is 9.10. The predicted octanol–water partition coefficient (Wildman–Crippen LogP) is 4.46. The van der Waals surface area contributed by atoms with Gasteiger partial charge in [-0.3, -0.25) is 5.32 Å². The Morgan fingerprint density at radius 1 is 1.39 bits per heavy atom. The minimum atomic E-state index is -0.562. The number of methoxy groups -OCH3 is 1. The van der Waals surface area contributed by atoms with Crippen molar-refractivity contribution in [2.24, 2.45) is 0 Å². The predicted molar refractivity (Wildman–Crippen MR) is 75.6 cm³/mol. The molecule has 0 aliphatic carbocycles. The van der Waals surface area contributed by atoms with Gasteiger partial charge in [0.1, 0.15) is 5.60 Å². The maximum atomic E-state index is 11.7. The number of hydrogen-bond acceptors (Lipinski definition) is 3. The standard InChI is InChI=1S/C12H15BrClNO3/c1-12(2,3)18-11(16)15-9-6-7(14)5-8(13)10(9)17-4/h5-6H,1-4H3,(H,15,16). The first-order valence-electron chi connectivity index (χ1n) is 5.26. The largest absolute Gasteiger partial charge is 0.493 e. The van der Waals surface area contributed by atoms with E-state index in [1.54, 1.807) is 32.9 Å². The molecule has 0 aromatic heterocycles. The van der Waals surface area contributed by atoms with Crippen LogP contribution in [0.4, 0.5) is 10.5 Å². The molecule has 18 heavy (non-hydrogen) atoms. The first-order chi connectivity index (χ1) is 8.23. The molecule has 1 aromatic carbocycles. The van der Waals surface area contributed by atoms with Crippen molar-refractivity contribution in [2.45, 2.75) is 26.4 Å². The van der Waals surface area contributed by atoms with Gasteiger partial charge in [-0.25, -0.2) is 4.79 Å². The van der Waals surface area contributed by atoms with Crippen molar-refractivity contribution in [3.8, 4) is 5.75 Å². The number of benzene rings is 1. The number of ether oxygens (including phenoxy) is 2. The summed E-state index contributed by atoms with van der Waals surface area (Å²) in [7, 11) is 1.51. The number of anilines is 1. The zero-order chi connectivity index (χ0) is 13.9. The first-order valence-corrected chi connectivity index (χ1v) is 6.43. The van der Waals surface area contributed by atoms with Crippen LogP contribution in [0.2, 0.25) is 5.02 Å². The average molecular weight is 337 g/mol. The minimum absolute atomic E-state index is 0.450. The van der Waals surface area contributed by atoms with Gasteiger partial charge < -0.3 is 9.47 Å². The molecule has 1 N–H and O–H groups in total. The summed E-state index contributed by atoms with van der Waals surface area (Å²) in [4.78, 5) is 11.7. The lowest BCUT2D eigenvalue weighted by Crippen LogP contribution is -2.27. The molecule has 1 amide bonds. The number of nitrogens with one attached hydrogen (secondary N) is 1. The quantitative estimate of drug-likeness (QED) is 0.867. The van der Waals surface area contributed by atoms with Gasteiger partial charge in [0, 0.05) is 5.02 Å². The molecule has 0 fully saturated rings. The van der Waals surface area contributed by atoms with Gasteiger partial charge in [0.15, 0.2) is 5.75 Å². The summed E-state index contributed by atoms with van der Waals surface area (Å²) in [5, 5.41) is 3.08. The summed E-state index contributed by atoms with van der Waals surface area (Å²) in [5.41, 5.74) is -0.112. The molecule has 0 heterocycles. The van der Waals surface area contributed by atoms with Gasteiger partial charge in [0.2, 0.25) is 0 Å². The van der Waals surface area contributed by atoms with Gasteiger partial charge in [-0.2, -0.15) is 0 Å². The molecule has 0 saturated heterocycles. The molecule has 0 spiro atoms. The molecule has 0 atom stereocenters. The second kappa shape index (κ2) is 5.80. The second-order valence-corrected chi connectivity index (χ2v) is 5.89. The Morgan fingerprint density at radius 3 is 2.50 bits per heavy atom. The fourth-order valence-corrected chi connectivity index (χ4v) is 2.25. The third kappa shape index (κ3) is 4.38. The third-order valence-corrected chi connectivity index (χ3v) is 2.66. The normalized spacial score (nSPS) is 11.0. The fourth-order valence-electron chi connectivity index (χ4n) is 1.27. The van der Waals surface area contributed by atoms with E-state index in [2.05, 4.69) is 21.2 Å². The van der Waals surface area contributed by atoms with Gasteiger partial charge in [-0.1, -0.05) is 11.6 Å². The van der Waals surface area contributed by atoms with Gasteiger partial charge in [0.05, 0.1) is 17.3 Å². The number of carbonyl (C=O) groups excluding carboxylic acids is 1. The highest BCUT2D eigenvalue weighted by Crippen LogP contribution is 2.36. The molecule has 6 heteroatoms. The number of rotatable bonds is 2. The zero-order valence-electron chi connectivity index (χ0n) is 10.6. The number of carbonyl (C=O) groups is 1. The van der Waals surface area contributed by atoms with Crippen LogP contribution in [0.25, 0.3) is 0 Å². The zero-order valence-corrected chi connectivity index (χ0v) is 13.0. The van der Waals surface area contributed by atoms with Gasteiger partial charge in [-0.15, -0.1) is 0 Å². The van der Waals surface area contributed by atoms with Crippen molar-refractivity contribution >= 4 is 39.3 Å². The van der Waals surface area contributed by atoms with Crippen LogP contribution in [-0.4, -0.2) is 18.8 Å². The summed E-state index contributed by atoms with van der Waals surface area (Å²) in [6.45, 7) is 5.37. The van der Waals surface area contributed by atoms with Crippen molar-refractivity contribution in [3.05, 3.63) is 21.6 Å². The van der Waals surface area contributed by atoms with Crippen molar-refractivity contribution < 1.29 is 14.3 Å². The molecule has 0 aliphatic heterocycles. The summed E-state index contributed by atoms with van der Waals surface area (Å²) in [6, 6.07) is 3.27. The number of amides is 1. The van der Waals surface area contributed by atoms with Crippen LogP contribution < -0.4 is 10.1 Å². The summed E-state index contributed by atoms with van der Waals surface area (Å²) >= 11 is 9.23. The topological polar surface area (TPSA) is 47.6 Å². The molecular weight excluding hydrogens is 321 g/mol. The Labute approximate surface area is 120 Å². The maximum absolute atomic E-state index is 11.7. The molecule has 0 radical (unpaired) electrons. The SMILES string of the molecule is COc1c(Br)cc(Cl)cc1NC(=O)OC(C)(C)C. The molecule has 1 aromatic rings. The number of hydrogen-bond donors (Lipinski definition) is 1. The van der Waals surface area contributed by atoms with Gasteiger partial charge in [-0.05, 0) is 48.8 Å². The Hall–Kier alpha value is -0.940. The molecule has 0 bridgehead atoms. The van der Waals surface area contributed by atoms with Gasteiger partial charge in [0.25, 0.3) is 0 Å². The van der Waals surface area contributed by atoms with Crippen molar-refractivity contribution in [2.75, 3.05) is 12.4 Å². The van der Waals surface area contributed by atoms with Crippen molar-refractivity contribution in [3.63, 3.8) is 0 Å². The van der Waals surface area contributed by atoms with Crippen LogP contribution in [0.5, 0.6) is 5.75 Å². The van der Waals surface area contributed by atoms with Crippen molar-refractivity contribution in [1.82, 2.24) is 0 Å². The molecular formula is C12H15BrClNO3. The summed E-state index contributed by atoms with van der Waals surface area (Å²) in [6.07, 6.45) is -0.560. The Bertz CT molecular complexity index is 457. The van der Waals surface area contributed by atoms with E-state index in [1.165, 1.54) is 7.11 Å². The van der Waals surface area contributed by atoms with Crippen LogP contribution in [0.15, 0.2) is 16.6 Å². The van der Waals surface area contributed by atoms with Gasteiger partial charge >= 0.3 is 6.09 Å². The fraction of sp³-hybridized carbons (Fsp3) is 0.417. The minimum Gasteiger partial charge on any atom is -0.493 e. The van der Waals surface area contributed by atoms with E-state index in [0.717, 1.165) is 0 Å². The average Bonchev–Trinajstić information content (AvgIpc) is 2.13. The summed E-state index contributed by atoms with van der Waals surface area (Å²) in [5.74, 6) is 0.491. The van der Waals surface area contributed by atoms with E-state index in [1.807, 2.05) is 0 Å². The van der Waals surface area contributed by atoms with E-state index in [9.17, 15) is 4.79 Å². The maximum Gasteiger partial charge on any atom is 0.412 e.